The van der Waals surface area contributed by atoms with E-state index in [1.165, 1.54) is 0 Å². The fraction of sp³-hybridized carbons (Fsp3) is 0.875. The lowest BCUT2D eigenvalue weighted by molar-refractivity contribution is -0.119. The Morgan fingerprint density at radius 3 is 2.33 bits per heavy atom. The predicted molar refractivity (Wildman–Crippen MR) is 49.4 cm³/mol. The van der Waals surface area contributed by atoms with Gasteiger partial charge in [0.1, 0.15) is 0 Å². The minimum atomic E-state index is -0.464. The molecule has 0 spiro atoms. The number of nitrogens with zero attached hydrogens (tertiary/aromatic N) is 1. The third-order valence-corrected chi connectivity index (χ3v) is 3.06. The number of likely N-dealkylation sites (N-methyl/N-ethyl adjacent to an activating group) is 1. The molecule has 1 fully saturated rings. The number of likely N-dealkylation sites (tertiary alicyclic amines) is 1. The first kappa shape index (κ1) is 9.96. The standard InChI is InChI=1S/C8H15ClN2O/c1-10-8(7(9)12)3-5-11(2)6-4-8/h10H,3-6H2,1-2H3. The molecule has 1 rings (SSSR count). The van der Waals surface area contributed by atoms with Gasteiger partial charge in [0.05, 0.1) is 5.54 Å². The molecule has 0 aromatic carbocycles. The number of halogens is 1. The zero-order chi connectivity index (χ0) is 9.19. The maximum absolute atomic E-state index is 11.1. The van der Waals surface area contributed by atoms with Crippen molar-refractivity contribution in [2.75, 3.05) is 27.2 Å². The van der Waals surface area contributed by atoms with Crippen molar-refractivity contribution in [1.82, 2.24) is 10.2 Å². The molecule has 3 nitrogen and oxygen atoms in total. The molecule has 1 aliphatic heterocycles. The van der Waals surface area contributed by atoms with Gasteiger partial charge in [-0.15, -0.1) is 0 Å². The summed E-state index contributed by atoms with van der Waals surface area (Å²) in [5.41, 5.74) is -0.464. The Bertz CT molecular complexity index is 176. The van der Waals surface area contributed by atoms with Crippen molar-refractivity contribution < 1.29 is 4.79 Å². The number of piperidine rings is 1. The maximum Gasteiger partial charge on any atom is 0.241 e. The molecule has 1 N–H and O–H groups in total. The van der Waals surface area contributed by atoms with Crippen LogP contribution in [0.1, 0.15) is 12.8 Å². The maximum atomic E-state index is 11.1. The van der Waals surface area contributed by atoms with Crippen LogP contribution in [-0.4, -0.2) is 42.9 Å². The summed E-state index contributed by atoms with van der Waals surface area (Å²) in [5.74, 6) is 0. The summed E-state index contributed by atoms with van der Waals surface area (Å²) in [6.45, 7) is 1.86. The highest BCUT2D eigenvalue weighted by Crippen LogP contribution is 2.23. The second kappa shape index (κ2) is 3.73. The topological polar surface area (TPSA) is 32.3 Å². The summed E-state index contributed by atoms with van der Waals surface area (Å²) >= 11 is 5.54. The van der Waals surface area contributed by atoms with Crippen LogP contribution in [0.4, 0.5) is 0 Å². The van der Waals surface area contributed by atoms with Crippen LogP contribution in [0.3, 0.4) is 0 Å². The highest BCUT2D eigenvalue weighted by molar-refractivity contribution is 6.65. The predicted octanol–water partition coefficient (Wildman–Crippen LogP) is 0.436. The minimum Gasteiger partial charge on any atom is -0.307 e. The summed E-state index contributed by atoms with van der Waals surface area (Å²) in [4.78, 5) is 13.3. The van der Waals surface area contributed by atoms with Crippen molar-refractivity contribution in [1.29, 1.82) is 0 Å². The molecule has 0 radical (unpaired) electrons. The molecule has 0 saturated carbocycles. The van der Waals surface area contributed by atoms with Crippen molar-refractivity contribution in [3.05, 3.63) is 0 Å². The second-order valence-electron chi connectivity index (χ2n) is 3.41. The molecule has 1 saturated heterocycles. The molecule has 0 bridgehead atoms. The summed E-state index contributed by atoms with van der Waals surface area (Å²) in [7, 11) is 3.85. The number of hydrogen-bond donors (Lipinski definition) is 1. The Labute approximate surface area is 78.1 Å². The highest BCUT2D eigenvalue weighted by Gasteiger charge is 2.37. The molecular formula is C8H15ClN2O. The van der Waals surface area contributed by atoms with Crippen LogP contribution >= 0.6 is 11.6 Å². The first-order valence-electron chi connectivity index (χ1n) is 4.18. The number of carbonyl (C=O) groups excluding carboxylic acids is 1. The van der Waals surface area contributed by atoms with Gasteiger partial charge in [-0.1, -0.05) is 0 Å². The number of nitrogens with one attached hydrogen (secondary N) is 1. The van der Waals surface area contributed by atoms with Gasteiger partial charge in [0.2, 0.25) is 5.24 Å². The number of carbonyl (C=O) groups is 1. The fourth-order valence-electron chi connectivity index (χ4n) is 1.55. The Morgan fingerprint density at radius 2 is 2.00 bits per heavy atom. The van der Waals surface area contributed by atoms with Gasteiger partial charge in [-0.05, 0) is 38.5 Å². The summed E-state index contributed by atoms with van der Waals surface area (Å²) in [6, 6.07) is 0. The van der Waals surface area contributed by atoms with Crippen LogP contribution in [0, 0.1) is 0 Å². The van der Waals surface area contributed by atoms with E-state index in [4.69, 9.17) is 11.6 Å². The van der Waals surface area contributed by atoms with Gasteiger partial charge < -0.3 is 10.2 Å². The zero-order valence-corrected chi connectivity index (χ0v) is 8.32. The molecule has 0 aliphatic carbocycles. The molecule has 0 atom stereocenters. The van der Waals surface area contributed by atoms with Crippen molar-refractivity contribution >= 4 is 16.8 Å². The third-order valence-electron chi connectivity index (χ3n) is 2.70. The smallest absolute Gasteiger partial charge is 0.241 e. The molecule has 0 aromatic rings. The highest BCUT2D eigenvalue weighted by atomic mass is 35.5. The van der Waals surface area contributed by atoms with E-state index in [-0.39, 0.29) is 5.24 Å². The summed E-state index contributed by atoms with van der Waals surface area (Å²) < 4.78 is 0. The molecule has 12 heavy (non-hydrogen) atoms. The van der Waals surface area contributed by atoms with Crippen LogP contribution < -0.4 is 5.32 Å². The average molecular weight is 191 g/mol. The summed E-state index contributed by atoms with van der Waals surface area (Å²) in [6.07, 6.45) is 1.62. The van der Waals surface area contributed by atoms with Gasteiger partial charge in [-0.25, -0.2) is 0 Å². The van der Waals surface area contributed by atoms with Crippen LogP contribution in [0.15, 0.2) is 0 Å². The van der Waals surface area contributed by atoms with E-state index < -0.39 is 5.54 Å². The van der Waals surface area contributed by atoms with E-state index in [2.05, 4.69) is 17.3 Å². The van der Waals surface area contributed by atoms with Gasteiger partial charge in [0.25, 0.3) is 0 Å². The third kappa shape index (κ3) is 1.79. The molecule has 0 aromatic heterocycles. The van der Waals surface area contributed by atoms with E-state index in [9.17, 15) is 4.79 Å². The quantitative estimate of drug-likeness (QED) is 0.642. The second-order valence-corrected chi connectivity index (χ2v) is 3.75. The van der Waals surface area contributed by atoms with Crippen molar-refractivity contribution in [2.24, 2.45) is 0 Å². The largest absolute Gasteiger partial charge is 0.307 e. The Balaban J connectivity index is 2.63. The lowest BCUT2D eigenvalue weighted by Gasteiger charge is -2.37. The lowest BCUT2D eigenvalue weighted by Crippen LogP contribution is -2.55. The molecule has 0 amide bonds. The van der Waals surface area contributed by atoms with Crippen molar-refractivity contribution in [2.45, 2.75) is 18.4 Å². The van der Waals surface area contributed by atoms with Crippen molar-refractivity contribution in [3.63, 3.8) is 0 Å². The molecule has 1 heterocycles. The zero-order valence-electron chi connectivity index (χ0n) is 7.56. The monoisotopic (exact) mass is 190 g/mol. The number of hydrogen-bond acceptors (Lipinski definition) is 3. The van der Waals surface area contributed by atoms with E-state index in [0.717, 1.165) is 25.9 Å². The summed E-state index contributed by atoms with van der Waals surface area (Å²) in [5, 5.41) is 2.78. The first-order chi connectivity index (χ1) is 5.60. The van der Waals surface area contributed by atoms with Crippen LogP contribution in [-0.2, 0) is 4.79 Å². The fourth-order valence-corrected chi connectivity index (χ4v) is 1.83. The average Bonchev–Trinajstić information content (AvgIpc) is 2.06. The van der Waals surface area contributed by atoms with Gasteiger partial charge in [-0.2, -0.15) is 0 Å². The van der Waals surface area contributed by atoms with Crippen LogP contribution in [0.2, 0.25) is 0 Å². The Morgan fingerprint density at radius 1 is 1.50 bits per heavy atom. The van der Waals surface area contributed by atoms with Crippen LogP contribution in [0.25, 0.3) is 0 Å². The van der Waals surface area contributed by atoms with Crippen molar-refractivity contribution in [3.8, 4) is 0 Å². The van der Waals surface area contributed by atoms with E-state index >= 15 is 0 Å². The first-order valence-corrected chi connectivity index (χ1v) is 4.56. The Hall–Kier alpha value is -0.120. The SMILES string of the molecule is CNC1(C(=O)Cl)CCN(C)CC1. The minimum absolute atomic E-state index is 0.252. The molecular weight excluding hydrogens is 176 g/mol. The molecule has 1 aliphatic rings. The van der Waals surface area contributed by atoms with Gasteiger partial charge >= 0.3 is 0 Å². The van der Waals surface area contributed by atoms with E-state index in [0.29, 0.717) is 0 Å². The number of rotatable bonds is 2. The Kier molecular flexibility index (Phi) is 3.09. The van der Waals surface area contributed by atoms with Crippen LogP contribution in [0.5, 0.6) is 0 Å². The normalized spacial score (nSPS) is 23.9. The lowest BCUT2D eigenvalue weighted by atomic mass is 9.89. The van der Waals surface area contributed by atoms with E-state index in [1.807, 2.05) is 0 Å². The van der Waals surface area contributed by atoms with Gasteiger partial charge in [0, 0.05) is 13.1 Å². The molecule has 4 heteroatoms. The van der Waals surface area contributed by atoms with Gasteiger partial charge in [0.15, 0.2) is 0 Å². The van der Waals surface area contributed by atoms with Gasteiger partial charge in [-0.3, -0.25) is 4.79 Å². The molecule has 0 unspecified atom stereocenters. The molecule has 70 valence electrons. The van der Waals surface area contributed by atoms with E-state index in [1.54, 1.807) is 7.05 Å².